The molecular weight excluding hydrogens is 348 g/mol. The third kappa shape index (κ3) is 3.60. The molecule has 2 aromatic carbocycles. The Morgan fingerprint density at radius 3 is 2.19 bits per heavy atom. The van der Waals surface area contributed by atoms with Crippen LogP contribution in [0.25, 0.3) is 6.08 Å². The summed E-state index contributed by atoms with van der Waals surface area (Å²) in [5, 5.41) is 8.85. The van der Waals surface area contributed by atoms with Crippen molar-refractivity contribution in [3.05, 3.63) is 58.8 Å². The van der Waals surface area contributed by atoms with Gasteiger partial charge in [0.15, 0.2) is 17.2 Å². The third-order valence-electron chi connectivity index (χ3n) is 3.88. The van der Waals surface area contributed by atoms with Crippen molar-refractivity contribution in [3.8, 4) is 23.3 Å². The second-order valence-electron chi connectivity index (χ2n) is 5.48. The topological polar surface area (TPSA) is 90.1 Å². The van der Waals surface area contributed by atoms with Gasteiger partial charge >= 0.3 is 5.97 Å². The van der Waals surface area contributed by atoms with E-state index in [1.165, 1.54) is 21.3 Å². The van der Waals surface area contributed by atoms with Crippen LogP contribution >= 0.6 is 0 Å². The van der Waals surface area contributed by atoms with Gasteiger partial charge in [0.05, 0.1) is 33.0 Å². The third-order valence-corrected chi connectivity index (χ3v) is 3.88. The largest absolute Gasteiger partial charge is 0.493 e. The average molecular weight is 364 g/mol. The van der Waals surface area contributed by atoms with Crippen LogP contribution in [0.1, 0.15) is 16.7 Å². The number of nitrogens with zero attached hydrogens (tertiary/aromatic N) is 2. The van der Waals surface area contributed by atoms with Crippen LogP contribution in [0, 0.1) is 11.3 Å². The number of hydrogen-bond acceptors (Lipinski definition) is 7. The Morgan fingerprint density at radius 1 is 1.04 bits per heavy atom. The van der Waals surface area contributed by atoms with Gasteiger partial charge in [0, 0.05) is 5.56 Å². The van der Waals surface area contributed by atoms with Crippen LogP contribution in [0.5, 0.6) is 17.2 Å². The number of cyclic esters (lactones) is 1. The lowest BCUT2D eigenvalue weighted by Gasteiger charge is -2.13. The van der Waals surface area contributed by atoms with Crippen LogP contribution in [0.15, 0.2) is 47.1 Å². The molecule has 1 aliphatic heterocycles. The van der Waals surface area contributed by atoms with Crippen molar-refractivity contribution in [2.45, 2.75) is 0 Å². The second-order valence-corrected chi connectivity index (χ2v) is 5.48. The number of nitriles is 1. The minimum Gasteiger partial charge on any atom is -0.493 e. The van der Waals surface area contributed by atoms with E-state index in [1.54, 1.807) is 42.5 Å². The number of carbonyl (C=O) groups is 1. The molecule has 2 aromatic rings. The number of esters is 1. The summed E-state index contributed by atoms with van der Waals surface area (Å²) in [7, 11) is 4.51. The van der Waals surface area contributed by atoms with Gasteiger partial charge in [-0.25, -0.2) is 9.79 Å². The van der Waals surface area contributed by atoms with E-state index >= 15 is 0 Å². The highest BCUT2D eigenvalue weighted by atomic mass is 16.6. The Bertz CT molecular complexity index is 959. The van der Waals surface area contributed by atoms with Crippen molar-refractivity contribution in [2.75, 3.05) is 21.3 Å². The maximum atomic E-state index is 12.2. The van der Waals surface area contributed by atoms with Gasteiger partial charge in [0.25, 0.3) is 0 Å². The van der Waals surface area contributed by atoms with Crippen LogP contribution in [0.4, 0.5) is 0 Å². The summed E-state index contributed by atoms with van der Waals surface area (Å²) in [6.45, 7) is 0. The Kier molecular flexibility index (Phi) is 5.08. The SMILES string of the molecule is COc1cc(C2=N/C(=C/c3ccc(C#N)cc3)C(=O)O2)cc(OC)c1OC. The minimum absolute atomic E-state index is 0.138. The molecule has 1 aliphatic rings. The first kappa shape index (κ1) is 18.0. The molecule has 136 valence electrons. The molecule has 0 saturated carbocycles. The molecule has 3 rings (SSSR count). The molecule has 0 aromatic heterocycles. The summed E-state index contributed by atoms with van der Waals surface area (Å²) in [5.41, 5.74) is 1.94. The van der Waals surface area contributed by atoms with E-state index in [0.29, 0.717) is 28.4 Å². The fraction of sp³-hybridized carbons (Fsp3) is 0.150. The molecule has 1 heterocycles. The summed E-state index contributed by atoms with van der Waals surface area (Å²) < 4.78 is 21.2. The molecular formula is C20H16N2O5. The first-order valence-corrected chi connectivity index (χ1v) is 7.92. The van der Waals surface area contributed by atoms with Crippen LogP contribution < -0.4 is 14.2 Å². The van der Waals surface area contributed by atoms with Gasteiger partial charge in [-0.2, -0.15) is 5.26 Å². The van der Waals surface area contributed by atoms with Gasteiger partial charge in [-0.15, -0.1) is 0 Å². The Balaban J connectivity index is 1.98. The molecule has 0 bridgehead atoms. The summed E-state index contributed by atoms with van der Waals surface area (Å²) in [5.74, 6) is 0.856. The molecule has 0 atom stereocenters. The van der Waals surface area contributed by atoms with E-state index in [-0.39, 0.29) is 11.6 Å². The van der Waals surface area contributed by atoms with Crippen LogP contribution in [0.2, 0.25) is 0 Å². The highest BCUT2D eigenvalue weighted by Gasteiger charge is 2.26. The fourth-order valence-corrected chi connectivity index (χ4v) is 2.55. The van der Waals surface area contributed by atoms with Crippen molar-refractivity contribution in [2.24, 2.45) is 4.99 Å². The predicted molar refractivity (Wildman–Crippen MR) is 97.9 cm³/mol. The van der Waals surface area contributed by atoms with E-state index in [4.69, 9.17) is 24.2 Å². The smallest absolute Gasteiger partial charge is 0.363 e. The number of rotatable bonds is 5. The normalized spacial score (nSPS) is 14.4. The van der Waals surface area contributed by atoms with Gasteiger partial charge in [-0.1, -0.05) is 12.1 Å². The van der Waals surface area contributed by atoms with Crippen LogP contribution in [0.3, 0.4) is 0 Å². The molecule has 0 amide bonds. The van der Waals surface area contributed by atoms with E-state index in [1.807, 2.05) is 6.07 Å². The molecule has 0 fully saturated rings. The first-order valence-electron chi connectivity index (χ1n) is 7.92. The summed E-state index contributed by atoms with van der Waals surface area (Å²) in [6.07, 6.45) is 1.59. The number of ether oxygens (including phenoxy) is 4. The van der Waals surface area contributed by atoms with Crippen molar-refractivity contribution < 1.29 is 23.7 Å². The zero-order chi connectivity index (χ0) is 19.4. The summed E-state index contributed by atoms with van der Waals surface area (Å²) in [4.78, 5) is 16.4. The molecule has 7 nitrogen and oxygen atoms in total. The lowest BCUT2D eigenvalue weighted by molar-refractivity contribution is -0.129. The average Bonchev–Trinajstić information content (AvgIpc) is 3.07. The van der Waals surface area contributed by atoms with E-state index < -0.39 is 5.97 Å². The molecule has 0 unspecified atom stereocenters. The van der Waals surface area contributed by atoms with E-state index in [0.717, 1.165) is 5.56 Å². The summed E-state index contributed by atoms with van der Waals surface area (Å²) >= 11 is 0. The van der Waals surface area contributed by atoms with Crippen LogP contribution in [-0.4, -0.2) is 33.2 Å². The van der Waals surface area contributed by atoms with Crippen molar-refractivity contribution >= 4 is 17.9 Å². The Hall–Kier alpha value is -3.79. The van der Waals surface area contributed by atoms with Crippen molar-refractivity contribution in [1.29, 1.82) is 5.26 Å². The van der Waals surface area contributed by atoms with E-state index in [9.17, 15) is 4.79 Å². The van der Waals surface area contributed by atoms with Gasteiger partial charge in [-0.05, 0) is 35.9 Å². The summed E-state index contributed by atoms with van der Waals surface area (Å²) in [6, 6.07) is 12.1. The van der Waals surface area contributed by atoms with E-state index in [2.05, 4.69) is 4.99 Å². The molecule has 27 heavy (non-hydrogen) atoms. The highest BCUT2D eigenvalue weighted by molar-refractivity contribution is 6.13. The number of benzene rings is 2. The Morgan fingerprint density at radius 2 is 1.67 bits per heavy atom. The molecule has 0 radical (unpaired) electrons. The number of hydrogen-bond donors (Lipinski definition) is 0. The zero-order valence-electron chi connectivity index (χ0n) is 15.0. The molecule has 7 heteroatoms. The van der Waals surface area contributed by atoms with Crippen molar-refractivity contribution in [1.82, 2.24) is 0 Å². The fourth-order valence-electron chi connectivity index (χ4n) is 2.55. The number of carbonyl (C=O) groups excluding carboxylic acids is 1. The Labute approximate surface area is 156 Å². The van der Waals surface area contributed by atoms with Crippen molar-refractivity contribution in [3.63, 3.8) is 0 Å². The quantitative estimate of drug-likeness (QED) is 0.598. The molecule has 0 saturated heterocycles. The number of methoxy groups -OCH3 is 3. The van der Waals surface area contributed by atoms with Gasteiger partial charge in [-0.3, -0.25) is 0 Å². The monoisotopic (exact) mass is 364 g/mol. The lowest BCUT2D eigenvalue weighted by atomic mass is 10.1. The second kappa shape index (κ2) is 7.62. The maximum absolute atomic E-state index is 12.2. The standard InChI is InChI=1S/C20H16N2O5/c1-24-16-9-14(10-17(25-2)18(16)26-3)19-22-15(20(23)27-19)8-12-4-6-13(11-21)7-5-12/h4-10H,1-3H3/b15-8+. The highest BCUT2D eigenvalue weighted by Crippen LogP contribution is 2.39. The van der Waals surface area contributed by atoms with Gasteiger partial charge in [0.1, 0.15) is 0 Å². The van der Waals surface area contributed by atoms with Gasteiger partial charge < -0.3 is 18.9 Å². The number of aliphatic imine (C=N–C) groups is 1. The van der Waals surface area contributed by atoms with Gasteiger partial charge in [0.2, 0.25) is 11.6 Å². The molecule has 0 N–H and O–H groups in total. The molecule has 0 aliphatic carbocycles. The zero-order valence-corrected chi connectivity index (χ0v) is 15.0. The molecule has 0 spiro atoms. The van der Waals surface area contributed by atoms with Crippen LogP contribution in [-0.2, 0) is 9.53 Å². The minimum atomic E-state index is -0.567. The lowest BCUT2D eigenvalue weighted by Crippen LogP contribution is -2.06. The maximum Gasteiger partial charge on any atom is 0.363 e. The predicted octanol–water partition coefficient (Wildman–Crippen LogP) is 2.93. The first-order chi connectivity index (χ1) is 13.1.